The molecule has 2 heterocycles. The number of aryl methyl sites for hydroxylation is 1. The molecule has 170 valence electrons. The van der Waals surface area contributed by atoms with Crippen LogP contribution in [0.1, 0.15) is 24.8 Å². The van der Waals surface area contributed by atoms with Gasteiger partial charge in [0, 0.05) is 32.7 Å². The summed E-state index contributed by atoms with van der Waals surface area (Å²) in [6.07, 6.45) is -0.743. The Hall–Kier alpha value is -2.16. The van der Waals surface area contributed by atoms with E-state index in [4.69, 9.17) is 4.74 Å². The number of likely N-dealkylation sites (tertiary alicyclic amines) is 1. The van der Waals surface area contributed by atoms with Crippen LogP contribution in [0.3, 0.4) is 0 Å². The van der Waals surface area contributed by atoms with Gasteiger partial charge in [-0.2, -0.15) is 0 Å². The van der Waals surface area contributed by atoms with Crippen molar-refractivity contribution >= 4 is 17.5 Å². The molecule has 4 unspecified atom stereocenters. The van der Waals surface area contributed by atoms with E-state index in [0.717, 1.165) is 50.6 Å². The number of piperazine rings is 1. The molecule has 3 fully saturated rings. The molecule has 0 radical (unpaired) electrons. The Morgan fingerprint density at radius 3 is 2.16 bits per heavy atom. The maximum Gasteiger partial charge on any atom is 0.233 e. The Bertz CT molecular complexity index is 795. The minimum absolute atomic E-state index is 0.178. The molecule has 1 saturated carbocycles. The van der Waals surface area contributed by atoms with E-state index in [2.05, 4.69) is 28.9 Å². The van der Waals surface area contributed by atoms with Gasteiger partial charge in [0.1, 0.15) is 5.75 Å². The molecule has 4 atom stereocenters. The number of hydrogen-bond acceptors (Lipinski definition) is 7. The molecule has 2 saturated heterocycles. The standard InChI is InChI=1S/C23H33N3O5/c1-15-4-5-21(31-2)18(12-15)25-10-8-24(9-11-25)6-3-7-26-22(29)16-13-19(27)20(28)14-17(16)23(26)30/h4-5,12,16-17,19-20,27-28H,3,6-11,13-14H2,1-2H3. The summed E-state index contributed by atoms with van der Waals surface area (Å²) in [5.74, 6) is -0.422. The van der Waals surface area contributed by atoms with Crippen LogP contribution < -0.4 is 9.64 Å². The van der Waals surface area contributed by atoms with Crippen molar-refractivity contribution in [2.75, 3.05) is 51.3 Å². The summed E-state index contributed by atoms with van der Waals surface area (Å²) in [4.78, 5) is 31.4. The third-order valence-corrected chi connectivity index (χ3v) is 6.99. The molecule has 1 aromatic carbocycles. The lowest BCUT2D eigenvalue weighted by Gasteiger charge is -2.37. The zero-order valence-electron chi connectivity index (χ0n) is 18.4. The van der Waals surface area contributed by atoms with Crippen molar-refractivity contribution in [3.63, 3.8) is 0 Å². The van der Waals surface area contributed by atoms with Gasteiger partial charge in [0.2, 0.25) is 11.8 Å². The average molecular weight is 432 g/mol. The zero-order chi connectivity index (χ0) is 22.1. The molecule has 8 heteroatoms. The molecule has 2 aliphatic heterocycles. The smallest absolute Gasteiger partial charge is 0.233 e. The van der Waals surface area contributed by atoms with Crippen LogP contribution in [-0.2, 0) is 9.59 Å². The lowest BCUT2D eigenvalue weighted by Crippen LogP contribution is -2.47. The van der Waals surface area contributed by atoms with Crippen molar-refractivity contribution in [3.05, 3.63) is 23.8 Å². The van der Waals surface area contributed by atoms with Gasteiger partial charge < -0.3 is 19.8 Å². The number of methoxy groups -OCH3 is 1. The topological polar surface area (TPSA) is 93.6 Å². The minimum atomic E-state index is -0.915. The summed E-state index contributed by atoms with van der Waals surface area (Å²) in [6, 6.07) is 6.22. The van der Waals surface area contributed by atoms with E-state index in [9.17, 15) is 19.8 Å². The summed E-state index contributed by atoms with van der Waals surface area (Å²) in [7, 11) is 1.70. The van der Waals surface area contributed by atoms with E-state index in [0.29, 0.717) is 6.54 Å². The highest BCUT2D eigenvalue weighted by molar-refractivity contribution is 6.05. The van der Waals surface area contributed by atoms with Crippen LogP contribution in [0.4, 0.5) is 5.69 Å². The molecular weight excluding hydrogens is 398 g/mol. The Kier molecular flexibility index (Phi) is 6.50. The maximum atomic E-state index is 12.7. The van der Waals surface area contributed by atoms with Crippen molar-refractivity contribution < 1.29 is 24.5 Å². The largest absolute Gasteiger partial charge is 0.495 e. The second-order valence-corrected chi connectivity index (χ2v) is 9.00. The Morgan fingerprint density at radius 2 is 1.58 bits per heavy atom. The predicted molar refractivity (Wildman–Crippen MR) is 116 cm³/mol. The summed E-state index contributed by atoms with van der Waals surface area (Å²) < 4.78 is 5.52. The van der Waals surface area contributed by atoms with E-state index >= 15 is 0 Å². The number of hydrogen-bond donors (Lipinski definition) is 2. The van der Waals surface area contributed by atoms with E-state index < -0.39 is 24.0 Å². The zero-order valence-corrected chi connectivity index (χ0v) is 18.4. The molecule has 1 aromatic rings. The highest BCUT2D eigenvalue weighted by Crippen LogP contribution is 2.38. The Balaban J connectivity index is 1.26. The molecule has 1 aliphatic carbocycles. The predicted octanol–water partition coefficient (Wildman–Crippen LogP) is 0.633. The highest BCUT2D eigenvalue weighted by Gasteiger charge is 2.51. The first kappa shape index (κ1) is 22.0. The second-order valence-electron chi connectivity index (χ2n) is 9.00. The van der Waals surface area contributed by atoms with Gasteiger partial charge in [-0.1, -0.05) is 6.07 Å². The SMILES string of the molecule is COc1ccc(C)cc1N1CCN(CCCN2C(=O)C3CC(O)C(O)CC3C2=O)CC1. The van der Waals surface area contributed by atoms with Gasteiger partial charge in [0.05, 0.1) is 36.8 Å². The number of imide groups is 1. The van der Waals surface area contributed by atoms with Crippen LogP contribution in [0.15, 0.2) is 18.2 Å². The number of aliphatic hydroxyl groups excluding tert-OH is 2. The van der Waals surface area contributed by atoms with Crippen molar-refractivity contribution in [3.8, 4) is 5.75 Å². The highest BCUT2D eigenvalue weighted by atomic mass is 16.5. The maximum absolute atomic E-state index is 12.7. The molecular formula is C23H33N3O5. The summed E-state index contributed by atoms with van der Waals surface area (Å²) in [6.45, 7) is 6.96. The van der Waals surface area contributed by atoms with Crippen molar-refractivity contribution in [2.45, 2.75) is 38.4 Å². The van der Waals surface area contributed by atoms with Crippen LogP contribution in [0.25, 0.3) is 0 Å². The van der Waals surface area contributed by atoms with E-state index in [1.165, 1.54) is 10.5 Å². The number of nitrogens with zero attached hydrogens (tertiary/aromatic N) is 3. The van der Waals surface area contributed by atoms with Crippen molar-refractivity contribution in [1.29, 1.82) is 0 Å². The first-order valence-corrected chi connectivity index (χ1v) is 11.2. The molecule has 2 amide bonds. The van der Waals surface area contributed by atoms with Gasteiger partial charge in [-0.15, -0.1) is 0 Å². The average Bonchev–Trinajstić information content (AvgIpc) is 2.99. The number of carbonyl (C=O) groups excluding carboxylic acids is 2. The second kappa shape index (κ2) is 9.14. The van der Waals surface area contributed by atoms with Gasteiger partial charge in [-0.25, -0.2) is 0 Å². The summed E-state index contributed by atoms with van der Waals surface area (Å²) in [5, 5.41) is 19.7. The van der Waals surface area contributed by atoms with E-state index in [1.807, 2.05) is 6.07 Å². The van der Waals surface area contributed by atoms with Gasteiger partial charge in [0.25, 0.3) is 0 Å². The molecule has 4 rings (SSSR count). The number of benzene rings is 1. The lowest BCUT2D eigenvalue weighted by atomic mass is 9.78. The van der Waals surface area contributed by atoms with Gasteiger partial charge in [-0.3, -0.25) is 19.4 Å². The fourth-order valence-corrected chi connectivity index (χ4v) is 5.15. The van der Waals surface area contributed by atoms with E-state index in [-0.39, 0.29) is 24.7 Å². The molecule has 0 aromatic heterocycles. The van der Waals surface area contributed by atoms with Crippen molar-refractivity contribution in [2.24, 2.45) is 11.8 Å². The first-order chi connectivity index (χ1) is 14.9. The number of anilines is 1. The summed E-state index contributed by atoms with van der Waals surface area (Å²) >= 11 is 0. The summed E-state index contributed by atoms with van der Waals surface area (Å²) in [5.41, 5.74) is 2.33. The molecule has 0 spiro atoms. The number of ether oxygens (including phenoxy) is 1. The number of amides is 2. The monoisotopic (exact) mass is 431 g/mol. The normalized spacial score (nSPS) is 29.4. The quantitative estimate of drug-likeness (QED) is 0.638. The number of rotatable bonds is 6. The van der Waals surface area contributed by atoms with Gasteiger partial charge in [-0.05, 0) is 50.4 Å². The third-order valence-electron chi connectivity index (χ3n) is 6.99. The van der Waals surface area contributed by atoms with Crippen LogP contribution >= 0.6 is 0 Å². The van der Waals surface area contributed by atoms with E-state index in [1.54, 1.807) is 7.11 Å². The fourth-order valence-electron chi connectivity index (χ4n) is 5.15. The van der Waals surface area contributed by atoms with Crippen LogP contribution in [0.2, 0.25) is 0 Å². The van der Waals surface area contributed by atoms with Crippen LogP contribution in [-0.4, -0.2) is 90.4 Å². The van der Waals surface area contributed by atoms with Crippen LogP contribution in [0.5, 0.6) is 5.75 Å². The number of carbonyl (C=O) groups is 2. The number of aliphatic hydroxyl groups is 2. The molecule has 3 aliphatic rings. The molecule has 8 nitrogen and oxygen atoms in total. The Morgan fingerprint density at radius 1 is 0.968 bits per heavy atom. The molecule has 31 heavy (non-hydrogen) atoms. The molecule has 0 bridgehead atoms. The Labute approximate surface area is 183 Å². The van der Waals surface area contributed by atoms with Gasteiger partial charge in [0.15, 0.2) is 0 Å². The first-order valence-electron chi connectivity index (χ1n) is 11.2. The third kappa shape index (κ3) is 4.42. The van der Waals surface area contributed by atoms with Gasteiger partial charge >= 0.3 is 0 Å². The minimum Gasteiger partial charge on any atom is -0.495 e. The van der Waals surface area contributed by atoms with Crippen molar-refractivity contribution in [1.82, 2.24) is 9.80 Å². The lowest BCUT2D eigenvalue weighted by molar-refractivity contribution is -0.140. The molecule has 2 N–H and O–H groups in total. The van der Waals surface area contributed by atoms with Crippen LogP contribution in [0, 0.1) is 18.8 Å². The number of fused-ring (bicyclic) bond motifs is 1. The fraction of sp³-hybridized carbons (Fsp3) is 0.652.